The minimum absolute atomic E-state index is 0.261. The number of hydrogen-bond acceptors (Lipinski definition) is 4. The van der Waals surface area contributed by atoms with Crippen molar-refractivity contribution in [2.45, 2.75) is 44.6 Å². The van der Waals surface area contributed by atoms with Gasteiger partial charge in [0.15, 0.2) is 0 Å². The van der Waals surface area contributed by atoms with Crippen molar-refractivity contribution in [3.63, 3.8) is 0 Å². The lowest BCUT2D eigenvalue weighted by molar-refractivity contribution is -0.137. The van der Waals surface area contributed by atoms with E-state index in [-0.39, 0.29) is 6.10 Å². The first-order valence-electron chi connectivity index (χ1n) is 9.77. The van der Waals surface area contributed by atoms with Gasteiger partial charge in [0.1, 0.15) is 0 Å². The van der Waals surface area contributed by atoms with Crippen molar-refractivity contribution in [1.29, 1.82) is 0 Å². The standard InChI is InChI=1S/C20H29F3N2O2/c1-15-4-2-7-19(15)27-14-18(26)13-24-8-10-25(11-9-24)17-6-3-5-16(12-17)20(21,22)23/h3,5-6,12,15,18-19,26H,2,4,7-11,13-14H2,1H3/t15-,18+,19+/m0/s1. The molecule has 1 saturated heterocycles. The Bertz CT molecular complexity index is 603. The Morgan fingerprint density at radius 2 is 1.93 bits per heavy atom. The molecule has 2 aliphatic rings. The lowest BCUT2D eigenvalue weighted by Gasteiger charge is -2.37. The van der Waals surface area contributed by atoms with E-state index in [0.29, 0.717) is 50.9 Å². The van der Waals surface area contributed by atoms with E-state index in [1.807, 2.05) is 4.90 Å². The zero-order chi connectivity index (χ0) is 19.4. The number of aliphatic hydroxyl groups excluding tert-OH is 1. The van der Waals surface area contributed by atoms with Crippen LogP contribution in [0.3, 0.4) is 0 Å². The van der Waals surface area contributed by atoms with Crippen molar-refractivity contribution in [2.75, 3.05) is 44.2 Å². The van der Waals surface area contributed by atoms with Crippen LogP contribution in [0, 0.1) is 5.92 Å². The molecule has 0 aromatic heterocycles. The van der Waals surface area contributed by atoms with E-state index >= 15 is 0 Å². The van der Waals surface area contributed by atoms with Crippen LogP contribution >= 0.6 is 0 Å². The van der Waals surface area contributed by atoms with Gasteiger partial charge in [-0.05, 0) is 37.0 Å². The highest BCUT2D eigenvalue weighted by molar-refractivity contribution is 5.49. The van der Waals surface area contributed by atoms with Crippen molar-refractivity contribution in [2.24, 2.45) is 5.92 Å². The highest BCUT2D eigenvalue weighted by Gasteiger charge is 2.31. The van der Waals surface area contributed by atoms with Gasteiger partial charge >= 0.3 is 6.18 Å². The van der Waals surface area contributed by atoms with Crippen LogP contribution in [0.1, 0.15) is 31.7 Å². The van der Waals surface area contributed by atoms with Gasteiger partial charge in [-0.1, -0.05) is 19.4 Å². The summed E-state index contributed by atoms with van der Waals surface area (Å²) in [5.41, 5.74) is -0.0141. The molecule has 1 aliphatic carbocycles. The minimum Gasteiger partial charge on any atom is -0.389 e. The first kappa shape index (κ1) is 20.4. The summed E-state index contributed by atoms with van der Waals surface area (Å²) in [6.07, 6.45) is -1.13. The molecule has 1 saturated carbocycles. The van der Waals surface area contributed by atoms with Gasteiger partial charge in [0.25, 0.3) is 0 Å². The minimum atomic E-state index is -4.32. The number of anilines is 1. The average Bonchev–Trinajstić information content (AvgIpc) is 3.05. The largest absolute Gasteiger partial charge is 0.416 e. The second kappa shape index (κ2) is 8.80. The number of halogens is 3. The third-order valence-corrected chi connectivity index (χ3v) is 5.67. The number of ether oxygens (including phenoxy) is 1. The molecule has 27 heavy (non-hydrogen) atoms. The Kier molecular flexibility index (Phi) is 6.65. The van der Waals surface area contributed by atoms with E-state index in [1.165, 1.54) is 25.0 Å². The fourth-order valence-electron chi connectivity index (χ4n) is 4.01. The van der Waals surface area contributed by atoms with Crippen LogP contribution in [-0.2, 0) is 10.9 Å². The van der Waals surface area contributed by atoms with E-state index in [1.54, 1.807) is 6.07 Å². The molecule has 2 fully saturated rings. The van der Waals surface area contributed by atoms with E-state index in [9.17, 15) is 18.3 Å². The monoisotopic (exact) mass is 386 g/mol. The van der Waals surface area contributed by atoms with Crippen LogP contribution in [-0.4, -0.2) is 61.5 Å². The highest BCUT2D eigenvalue weighted by atomic mass is 19.4. The van der Waals surface area contributed by atoms with Crippen LogP contribution in [0.5, 0.6) is 0 Å². The van der Waals surface area contributed by atoms with Crippen LogP contribution < -0.4 is 4.90 Å². The van der Waals surface area contributed by atoms with E-state index in [4.69, 9.17) is 4.74 Å². The van der Waals surface area contributed by atoms with Crippen LogP contribution in [0.2, 0.25) is 0 Å². The van der Waals surface area contributed by atoms with Crippen LogP contribution in [0.4, 0.5) is 18.9 Å². The summed E-state index contributed by atoms with van der Waals surface area (Å²) in [5.74, 6) is 0.563. The number of rotatable bonds is 6. The number of piperazine rings is 1. The Hall–Kier alpha value is -1.31. The van der Waals surface area contributed by atoms with Crippen molar-refractivity contribution in [3.8, 4) is 0 Å². The van der Waals surface area contributed by atoms with Gasteiger partial charge < -0.3 is 14.7 Å². The van der Waals surface area contributed by atoms with E-state index in [0.717, 1.165) is 12.5 Å². The SMILES string of the molecule is C[C@H]1CCC[C@H]1OC[C@H](O)CN1CCN(c2cccc(C(F)(F)F)c2)CC1. The summed E-state index contributed by atoms with van der Waals surface area (Å²) in [4.78, 5) is 4.12. The van der Waals surface area contributed by atoms with Crippen molar-refractivity contribution >= 4 is 5.69 Å². The Labute approximate surface area is 158 Å². The maximum absolute atomic E-state index is 12.9. The Morgan fingerprint density at radius 1 is 1.19 bits per heavy atom. The first-order valence-corrected chi connectivity index (χ1v) is 9.77. The number of benzene rings is 1. The summed E-state index contributed by atoms with van der Waals surface area (Å²) in [5, 5.41) is 10.3. The molecule has 3 rings (SSSR count). The Morgan fingerprint density at radius 3 is 2.56 bits per heavy atom. The molecular weight excluding hydrogens is 357 g/mol. The topological polar surface area (TPSA) is 35.9 Å². The molecule has 0 spiro atoms. The normalized spacial score (nSPS) is 25.7. The molecule has 0 amide bonds. The van der Waals surface area contributed by atoms with Crippen LogP contribution in [0.15, 0.2) is 24.3 Å². The summed E-state index contributed by atoms with van der Waals surface area (Å²) in [6.45, 7) is 5.81. The summed E-state index contributed by atoms with van der Waals surface area (Å²) in [7, 11) is 0. The molecular formula is C20H29F3N2O2. The van der Waals surface area contributed by atoms with Gasteiger partial charge in [-0.2, -0.15) is 13.2 Å². The number of β-amino-alcohol motifs (C(OH)–C–C–N with tert-alkyl or cyclic N) is 1. The molecule has 4 nitrogen and oxygen atoms in total. The lowest BCUT2D eigenvalue weighted by atomic mass is 10.1. The average molecular weight is 386 g/mol. The van der Waals surface area contributed by atoms with Crippen LogP contribution in [0.25, 0.3) is 0 Å². The van der Waals surface area contributed by atoms with Crippen molar-refractivity contribution < 1.29 is 23.0 Å². The molecule has 0 unspecified atom stereocenters. The molecule has 0 radical (unpaired) electrons. The highest BCUT2D eigenvalue weighted by Crippen LogP contribution is 2.32. The number of alkyl halides is 3. The molecule has 0 bridgehead atoms. The molecule has 1 aromatic carbocycles. The fourth-order valence-corrected chi connectivity index (χ4v) is 4.01. The van der Waals surface area contributed by atoms with Gasteiger partial charge in [-0.3, -0.25) is 4.90 Å². The van der Waals surface area contributed by atoms with Gasteiger partial charge in [0, 0.05) is 38.4 Å². The molecule has 1 aliphatic heterocycles. The summed E-state index contributed by atoms with van der Waals surface area (Å²) < 4.78 is 44.5. The van der Waals surface area contributed by atoms with Gasteiger partial charge in [0.2, 0.25) is 0 Å². The second-order valence-electron chi connectivity index (χ2n) is 7.77. The lowest BCUT2D eigenvalue weighted by Crippen LogP contribution is -2.49. The molecule has 1 aromatic rings. The van der Waals surface area contributed by atoms with Gasteiger partial charge in [0.05, 0.1) is 24.4 Å². The fraction of sp³-hybridized carbons (Fsp3) is 0.700. The number of nitrogens with zero attached hydrogens (tertiary/aromatic N) is 2. The Balaban J connectivity index is 1.43. The number of hydrogen-bond donors (Lipinski definition) is 1. The smallest absolute Gasteiger partial charge is 0.389 e. The first-order chi connectivity index (χ1) is 12.8. The van der Waals surface area contributed by atoms with Crippen molar-refractivity contribution in [1.82, 2.24) is 4.90 Å². The van der Waals surface area contributed by atoms with Gasteiger partial charge in [-0.25, -0.2) is 0 Å². The van der Waals surface area contributed by atoms with E-state index < -0.39 is 17.8 Å². The van der Waals surface area contributed by atoms with E-state index in [2.05, 4.69) is 11.8 Å². The summed E-state index contributed by atoms with van der Waals surface area (Å²) in [6, 6.07) is 5.48. The second-order valence-corrected chi connectivity index (χ2v) is 7.77. The number of aliphatic hydroxyl groups is 1. The van der Waals surface area contributed by atoms with Gasteiger partial charge in [-0.15, -0.1) is 0 Å². The van der Waals surface area contributed by atoms with Crippen molar-refractivity contribution in [3.05, 3.63) is 29.8 Å². The zero-order valence-electron chi connectivity index (χ0n) is 15.8. The molecule has 7 heteroatoms. The molecule has 152 valence electrons. The molecule has 1 heterocycles. The quantitative estimate of drug-likeness (QED) is 0.813. The summed E-state index contributed by atoms with van der Waals surface area (Å²) >= 11 is 0. The molecule has 3 atom stereocenters. The predicted molar refractivity (Wildman–Crippen MR) is 98.9 cm³/mol. The zero-order valence-corrected chi connectivity index (χ0v) is 15.8. The third kappa shape index (κ3) is 5.59. The molecule has 1 N–H and O–H groups in total. The maximum atomic E-state index is 12.9. The predicted octanol–water partition coefficient (Wildman–Crippen LogP) is 3.39. The maximum Gasteiger partial charge on any atom is 0.416 e. The third-order valence-electron chi connectivity index (χ3n) is 5.67.